The van der Waals surface area contributed by atoms with E-state index in [9.17, 15) is 9.18 Å². The zero-order valence-corrected chi connectivity index (χ0v) is 16.9. The predicted octanol–water partition coefficient (Wildman–Crippen LogP) is 3.83. The first kappa shape index (κ1) is 19.1. The maximum absolute atomic E-state index is 14.0. The maximum Gasteiger partial charge on any atom is 0.263 e. The molecule has 0 atom stereocenters. The molecular weight excluding hydrogens is 443 g/mol. The smallest absolute Gasteiger partial charge is 0.263 e. The van der Waals surface area contributed by atoms with Crippen LogP contribution in [0.15, 0.2) is 39.1 Å². The number of fused-ring (bicyclic) bond motifs is 1. The van der Waals surface area contributed by atoms with Crippen LogP contribution in [0.25, 0.3) is 0 Å². The van der Waals surface area contributed by atoms with Gasteiger partial charge in [0.05, 0.1) is 14.2 Å². The number of aliphatic imine (C=N–C) groups is 1. The number of carbonyl (C=O) groups excluding carboxylic acids is 1. The summed E-state index contributed by atoms with van der Waals surface area (Å²) in [6, 6.07) is 8.54. The van der Waals surface area contributed by atoms with Gasteiger partial charge in [0, 0.05) is 31.6 Å². The number of rotatable bonds is 1. The minimum atomic E-state index is -0.572. The minimum Gasteiger partial charge on any atom is -0.383 e. The van der Waals surface area contributed by atoms with Crippen molar-refractivity contribution in [2.24, 2.45) is 10.7 Å². The number of halogens is 3. The van der Waals surface area contributed by atoms with Gasteiger partial charge in [0.15, 0.2) is 0 Å². The van der Waals surface area contributed by atoms with Crippen LogP contribution in [0.5, 0.6) is 0 Å². The van der Waals surface area contributed by atoms with E-state index in [0.717, 1.165) is 8.66 Å². The summed E-state index contributed by atoms with van der Waals surface area (Å²) in [7, 11) is 0. The second-order valence-electron chi connectivity index (χ2n) is 6.21. The quantitative estimate of drug-likeness (QED) is 0.681. The summed E-state index contributed by atoms with van der Waals surface area (Å²) in [4.78, 5) is 19.7. The van der Waals surface area contributed by atoms with Gasteiger partial charge in [-0.1, -0.05) is 6.07 Å². The second-order valence-corrected chi connectivity index (χ2v) is 8.67. The molecule has 0 radical (unpaired) electrons. The lowest BCUT2D eigenvalue weighted by atomic mass is 9.93. The highest BCUT2D eigenvalue weighted by molar-refractivity contribution is 9.11. The summed E-state index contributed by atoms with van der Waals surface area (Å²) in [5, 5.41) is 3.34. The third-order valence-corrected chi connectivity index (χ3v) is 6.25. The zero-order chi connectivity index (χ0) is 17.6. The topological polar surface area (TPSA) is 70.7 Å². The molecule has 0 aliphatic carbocycles. The van der Waals surface area contributed by atoms with Crippen molar-refractivity contribution in [2.45, 2.75) is 18.5 Å². The Hall–Kier alpha value is -1.64. The van der Waals surface area contributed by atoms with Gasteiger partial charge >= 0.3 is 0 Å². The largest absolute Gasteiger partial charge is 0.383 e. The number of anilines is 1. The number of amides is 1. The summed E-state index contributed by atoms with van der Waals surface area (Å²) < 4.78 is 14.9. The number of hydrogen-bond acceptors (Lipinski definition) is 5. The van der Waals surface area contributed by atoms with Crippen molar-refractivity contribution in [1.82, 2.24) is 4.90 Å². The van der Waals surface area contributed by atoms with E-state index in [1.165, 1.54) is 17.4 Å². The Morgan fingerprint density at radius 3 is 2.69 bits per heavy atom. The van der Waals surface area contributed by atoms with Crippen LogP contribution in [0.3, 0.4) is 0 Å². The molecule has 5 nitrogen and oxygen atoms in total. The number of thiophene rings is 1. The average Bonchev–Trinajstić information content (AvgIpc) is 3.01. The number of carbonyl (C=O) groups is 1. The fourth-order valence-electron chi connectivity index (χ4n) is 3.36. The van der Waals surface area contributed by atoms with Crippen molar-refractivity contribution in [2.75, 3.05) is 18.4 Å². The molecule has 1 spiro atoms. The molecule has 26 heavy (non-hydrogen) atoms. The monoisotopic (exact) mass is 458 g/mol. The molecule has 9 heteroatoms. The molecular formula is C17H17BrClFN4OS. The number of nitrogens with zero attached hydrogens (tertiary/aromatic N) is 2. The molecule has 0 saturated carbocycles. The number of nitrogens with one attached hydrogen (secondary N) is 1. The summed E-state index contributed by atoms with van der Waals surface area (Å²) >= 11 is 4.82. The van der Waals surface area contributed by atoms with E-state index in [1.807, 2.05) is 23.1 Å². The van der Waals surface area contributed by atoms with Gasteiger partial charge < -0.3 is 16.0 Å². The average molecular weight is 460 g/mol. The Bertz CT molecular complexity index is 879. The summed E-state index contributed by atoms with van der Waals surface area (Å²) in [5.74, 6) is -0.129. The molecule has 2 aromatic rings. The van der Waals surface area contributed by atoms with Crippen LogP contribution in [0.4, 0.5) is 10.1 Å². The van der Waals surface area contributed by atoms with Crippen LogP contribution in [0, 0.1) is 5.82 Å². The molecule has 3 heterocycles. The minimum absolute atomic E-state index is 0. The molecule has 4 rings (SSSR count). The number of amidine groups is 1. The second kappa shape index (κ2) is 7.17. The molecule has 1 saturated heterocycles. The van der Waals surface area contributed by atoms with Gasteiger partial charge in [0.25, 0.3) is 5.91 Å². The summed E-state index contributed by atoms with van der Waals surface area (Å²) in [5.41, 5.74) is 6.45. The highest BCUT2D eigenvalue weighted by atomic mass is 79.9. The van der Waals surface area contributed by atoms with E-state index in [4.69, 9.17) is 5.73 Å². The lowest BCUT2D eigenvalue weighted by molar-refractivity contribution is 0.0690. The van der Waals surface area contributed by atoms with Gasteiger partial charge in [-0.05, 0) is 40.2 Å². The van der Waals surface area contributed by atoms with Crippen molar-refractivity contribution < 1.29 is 9.18 Å². The highest BCUT2D eigenvalue weighted by Crippen LogP contribution is 2.35. The number of piperidine rings is 1. The lowest BCUT2D eigenvalue weighted by Crippen LogP contribution is -2.52. The number of likely N-dealkylation sites (tertiary alicyclic amines) is 1. The zero-order valence-electron chi connectivity index (χ0n) is 13.7. The molecule has 0 bridgehead atoms. The van der Waals surface area contributed by atoms with Gasteiger partial charge in [-0.25, -0.2) is 9.38 Å². The predicted molar refractivity (Wildman–Crippen MR) is 108 cm³/mol. The van der Waals surface area contributed by atoms with E-state index in [2.05, 4.69) is 26.2 Å². The molecule has 1 aromatic heterocycles. The lowest BCUT2D eigenvalue weighted by Gasteiger charge is -2.42. The van der Waals surface area contributed by atoms with E-state index >= 15 is 0 Å². The van der Waals surface area contributed by atoms with Crippen molar-refractivity contribution in [3.8, 4) is 0 Å². The first-order valence-electron chi connectivity index (χ1n) is 7.94. The fourth-order valence-corrected chi connectivity index (χ4v) is 4.71. The first-order chi connectivity index (χ1) is 12.0. The van der Waals surface area contributed by atoms with Crippen molar-refractivity contribution in [3.05, 3.63) is 50.4 Å². The van der Waals surface area contributed by atoms with Crippen LogP contribution in [0.2, 0.25) is 0 Å². The number of hydrogen-bond donors (Lipinski definition) is 2. The standard InChI is InChI=1S/C17H16BrFN4OS.ClH/c18-13-5-4-12(25-13)16(24)23-8-6-17(7-9-23)21-11-3-1-2-10(19)14(11)15(20)22-17;/h1-5,21H,6-9H2,(H2,20,22);1H. The van der Waals surface area contributed by atoms with Gasteiger partial charge in [-0.2, -0.15) is 0 Å². The molecule has 1 amide bonds. The number of benzene rings is 1. The van der Waals surface area contributed by atoms with Crippen LogP contribution >= 0.6 is 39.7 Å². The molecule has 2 aliphatic rings. The highest BCUT2D eigenvalue weighted by Gasteiger charge is 2.39. The third kappa shape index (κ3) is 3.33. The van der Waals surface area contributed by atoms with Gasteiger partial charge in [0.1, 0.15) is 17.3 Å². The SMILES string of the molecule is Cl.NC1=NC2(CCN(C(=O)c3ccc(Br)s3)CC2)Nc2cccc(F)c21. The molecule has 0 unspecified atom stereocenters. The van der Waals surface area contributed by atoms with E-state index < -0.39 is 5.66 Å². The first-order valence-corrected chi connectivity index (χ1v) is 9.55. The van der Waals surface area contributed by atoms with Gasteiger partial charge in [-0.15, -0.1) is 23.7 Å². The summed E-state index contributed by atoms with van der Waals surface area (Å²) in [6.45, 7) is 1.14. The fraction of sp³-hybridized carbons (Fsp3) is 0.294. The Labute approximate surface area is 169 Å². The molecule has 2 aliphatic heterocycles. The Morgan fingerprint density at radius 1 is 1.31 bits per heavy atom. The molecule has 138 valence electrons. The Morgan fingerprint density at radius 2 is 2.04 bits per heavy atom. The summed E-state index contributed by atoms with van der Waals surface area (Å²) in [6.07, 6.45) is 1.25. The van der Waals surface area contributed by atoms with Crippen molar-refractivity contribution in [3.63, 3.8) is 0 Å². The maximum atomic E-state index is 14.0. The van der Waals surface area contributed by atoms with E-state index in [-0.39, 0.29) is 30.0 Å². The molecule has 1 aromatic carbocycles. The third-order valence-electron chi connectivity index (χ3n) is 4.63. The number of nitrogens with two attached hydrogens (primary N) is 1. The van der Waals surface area contributed by atoms with Crippen LogP contribution in [-0.4, -0.2) is 35.4 Å². The van der Waals surface area contributed by atoms with Crippen molar-refractivity contribution in [1.29, 1.82) is 0 Å². The molecule has 1 fully saturated rings. The normalized spacial score (nSPS) is 17.8. The van der Waals surface area contributed by atoms with Gasteiger partial charge in [0.2, 0.25) is 0 Å². The van der Waals surface area contributed by atoms with Crippen LogP contribution in [0.1, 0.15) is 28.1 Å². The Kier molecular flexibility index (Phi) is 5.28. The van der Waals surface area contributed by atoms with Gasteiger partial charge in [-0.3, -0.25) is 4.79 Å². The van der Waals surface area contributed by atoms with Crippen LogP contribution in [-0.2, 0) is 0 Å². The van der Waals surface area contributed by atoms with Crippen LogP contribution < -0.4 is 11.1 Å². The molecule has 3 N–H and O–H groups in total. The van der Waals surface area contributed by atoms with E-state index in [0.29, 0.717) is 37.2 Å². The van der Waals surface area contributed by atoms with E-state index in [1.54, 1.807) is 6.07 Å². The van der Waals surface area contributed by atoms with Crippen molar-refractivity contribution >= 4 is 57.1 Å². The Balaban J connectivity index is 0.00000196.